The third-order valence-corrected chi connectivity index (χ3v) is 4.69. The van der Waals surface area contributed by atoms with Crippen LogP contribution in [-0.4, -0.2) is 41.3 Å². The number of piperidine rings is 1. The van der Waals surface area contributed by atoms with Crippen molar-refractivity contribution in [2.24, 2.45) is 0 Å². The lowest BCUT2D eigenvalue weighted by molar-refractivity contribution is -0.133. The number of carbonyl (C=O) groups is 2. The molecule has 1 unspecified atom stereocenters. The lowest BCUT2D eigenvalue weighted by Gasteiger charge is -2.31. The molecule has 2 heterocycles. The molecule has 1 aromatic carbocycles. The first-order valence-electron chi connectivity index (χ1n) is 8.72. The molecule has 1 N–H and O–H groups in total. The number of rotatable bonds is 5. The van der Waals surface area contributed by atoms with Crippen LogP contribution in [0.15, 0.2) is 34.9 Å². The van der Waals surface area contributed by atoms with Gasteiger partial charge in [0.25, 0.3) is 0 Å². The molecular formula is C19H22ClN3O3. The Bertz CT molecular complexity index is 790. The number of likely N-dealkylation sites (tertiary alicyclic amines) is 1. The van der Waals surface area contributed by atoms with E-state index in [1.54, 1.807) is 11.1 Å². The molecule has 2 amide bonds. The maximum atomic E-state index is 12.2. The topological polar surface area (TPSA) is 75.4 Å². The van der Waals surface area contributed by atoms with Gasteiger partial charge in [-0.3, -0.25) is 9.59 Å². The predicted octanol–water partition coefficient (Wildman–Crippen LogP) is 2.76. The summed E-state index contributed by atoms with van der Waals surface area (Å²) in [5.41, 5.74) is 1.07. The van der Waals surface area contributed by atoms with E-state index in [1.807, 2.05) is 24.3 Å². The number of aromatic nitrogens is 1. The summed E-state index contributed by atoms with van der Waals surface area (Å²) in [7, 11) is 0. The van der Waals surface area contributed by atoms with E-state index in [4.69, 9.17) is 16.0 Å². The minimum Gasteiger partial charge on any atom is -0.445 e. The Morgan fingerprint density at radius 1 is 1.42 bits per heavy atom. The smallest absolute Gasteiger partial charge is 0.241 e. The Balaban J connectivity index is 1.61. The van der Waals surface area contributed by atoms with Gasteiger partial charge in [0, 0.05) is 31.5 Å². The van der Waals surface area contributed by atoms with E-state index in [0.717, 1.165) is 24.2 Å². The largest absolute Gasteiger partial charge is 0.445 e. The van der Waals surface area contributed by atoms with Crippen molar-refractivity contribution < 1.29 is 14.0 Å². The first-order valence-corrected chi connectivity index (χ1v) is 9.10. The average Bonchev–Trinajstić information content (AvgIpc) is 3.08. The van der Waals surface area contributed by atoms with Crippen LogP contribution in [0.25, 0.3) is 0 Å². The van der Waals surface area contributed by atoms with Crippen molar-refractivity contribution in [1.29, 1.82) is 0 Å². The van der Waals surface area contributed by atoms with Gasteiger partial charge in [-0.15, -0.1) is 0 Å². The van der Waals surface area contributed by atoms with Gasteiger partial charge in [0.15, 0.2) is 5.89 Å². The van der Waals surface area contributed by atoms with Crippen molar-refractivity contribution in [3.05, 3.63) is 52.7 Å². The van der Waals surface area contributed by atoms with Crippen molar-refractivity contribution in [2.75, 3.05) is 19.6 Å². The average molecular weight is 376 g/mol. The van der Waals surface area contributed by atoms with Gasteiger partial charge in [-0.05, 0) is 30.5 Å². The molecule has 1 fully saturated rings. The lowest BCUT2D eigenvalue weighted by atomic mass is 9.98. The number of hydrogen-bond donors (Lipinski definition) is 1. The third kappa shape index (κ3) is 4.85. The van der Waals surface area contributed by atoms with Gasteiger partial charge in [-0.25, -0.2) is 4.98 Å². The van der Waals surface area contributed by atoms with E-state index in [9.17, 15) is 9.59 Å². The minimum absolute atomic E-state index is 0.0354. The number of oxazole rings is 1. The lowest BCUT2D eigenvalue weighted by Crippen LogP contribution is -2.44. The van der Waals surface area contributed by atoms with Crippen molar-refractivity contribution in [3.63, 3.8) is 0 Å². The zero-order valence-corrected chi connectivity index (χ0v) is 15.5. The van der Waals surface area contributed by atoms with Gasteiger partial charge in [0.2, 0.25) is 11.8 Å². The summed E-state index contributed by atoms with van der Waals surface area (Å²) < 4.78 is 5.93. The predicted molar refractivity (Wildman–Crippen MR) is 98.0 cm³/mol. The summed E-state index contributed by atoms with van der Waals surface area (Å²) in [6.07, 6.45) is 4.20. The maximum Gasteiger partial charge on any atom is 0.241 e. The molecule has 0 spiro atoms. The van der Waals surface area contributed by atoms with Crippen LogP contribution >= 0.6 is 11.6 Å². The van der Waals surface area contributed by atoms with Crippen LogP contribution in [0, 0.1) is 0 Å². The first kappa shape index (κ1) is 18.5. The van der Waals surface area contributed by atoms with Crippen LogP contribution < -0.4 is 5.32 Å². The highest BCUT2D eigenvalue weighted by molar-refractivity contribution is 6.30. The second-order valence-electron chi connectivity index (χ2n) is 6.56. The summed E-state index contributed by atoms with van der Waals surface area (Å²) in [6.45, 7) is 2.70. The van der Waals surface area contributed by atoms with Crippen LogP contribution in [0.1, 0.15) is 42.9 Å². The second kappa shape index (κ2) is 8.36. The monoisotopic (exact) mass is 375 g/mol. The first-order chi connectivity index (χ1) is 12.5. The Morgan fingerprint density at radius 2 is 2.27 bits per heavy atom. The highest BCUT2D eigenvalue weighted by Crippen LogP contribution is 2.27. The van der Waals surface area contributed by atoms with Crippen LogP contribution in [-0.2, 0) is 16.0 Å². The number of carbonyl (C=O) groups excluding carboxylic acids is 2. The second-order valence-corrected chi connectivity index (χ2v) is 7.00. The van der Waals surface area contributed by atoms with Gasteiger partial charge < -0.3 is 14.6 Å². The fourth-order valence-electron chi connectivity index (χ4n) is 3.16. The molecule has 1 aliphatic heterocycles. The fourth-order valence-corrected chi connectivity index (χ4v) is 3.37. The third-order valence-electron chi connectivity index (χ3n) is 4.45. The molecule has 0 radical (unpaired) electrons. The summed E-state index contributed by atoms with van der Waals surface area (Å²) in [6, 6.07) is 7.66. The van der Waals surface area contributed by atoms with Crippen LogP contribution in [0.3, 0.4) is 0 Å². The number of amides is 2. The summed E-state index contributed by atoms with van der Waals surface area (Å²) >= 11 is 6.02. The molecule has 26 heavy (non-hydrogen) atoms. The number of nitrogens with zero attached hydrogens (tertiary/aromatic N) is 2. The number of nitrogens with one attached hydrogen (secondary N) is 1. The molecule has 7 heteroatoms. The van der Waals surface area contributed by atoms with E-state index in [1.165, 1.54) is 6.92 Å². The molecule has 0 bridgehead atoms. The number of benzene rings is 1. The maximum absolute atomic E-state index is 12.2. The van der Waals surface area contributed by atoms with Gasteiger partial charge in [0.05, 0.1) is 18.7 Å². The highest BCUT2D eigenvalue weighted by atomic mass is 35.5. The van der Waals surface area contributed by atoms with Gasteiger partial charge in [0.1, 0.15) is 5.76 Å². The quantitative estimate of drug-likeness (QED) is 0.871. The molecule has 138 valence electrons. The zero-order chi connectivity index (χ0) is 18.5. The molecule has 3 rings (SSSR count). The Kier molecular flexibility index (Phi) is 5.93. The minimum atomic E-state index is -0.203. The Hall–Kier alpha value is -2.34. The van der Waals surface area contributed by atoms with Crippen molar-refractivity contribution in [2.45, 2.75) is 32.1 Å². The molecule has 0 saturated carbocycles. The Labute approximate surface area is 157 Å². The number of halogens is 1. The molecule has 0 aliphatic carbocycles. The van der Waals surface area contributed by atoms with Crippen molar-refractivity contribution in [1.82, 2.24) is 15.2 Å². The molecule has 1 saturated heterocycles. The Morgan fingerprint density at radius 3 is 3.04 bits per heavy atom. The van der Waals surface area contributed by atoms with Crippen molar-refractivity contribution in [3.8, 4) is 0 Å². The van der Waals surface area contributed by atoms with E-state index in [2.05, 4.69) is 10.3 Å². The van der Waals surface area contributed by atoms with Crippen LogP contribution in [0.4, 0.5) is 0 Å². The van der Waals surface area contributed by atoms with E-state index >= 15 is 0 Å². The molecule has 1 atom stereocenters. The number of hydrogen-bond acceptors (Lipinski definition) is 4. The van der Waals surface area contributed by atoms with Gasteiger partial charge >= 0.3 is 0 Å². The molecule has 1 aromatic heterocycles. The van der Waals surface area contributed by atoms with Crippen LogP contribution in [0.2, 0.25) is 5.02 Å². The van der Waals surface area contributed by atoms with E-state index in [0.29, 0.717) is 30.4 Å². The fraction of sp³-hybridized carbons (Fsp3) is 0.421. The molecule has 6 nitrogen and oxygen atoms in total. The summed E-state index contributed by atoms with van der Waals surface area (Å²) in [4.78, 5) is 29.4. The summed E-state index contributed by atoms with van der Waals surface area (Å²) in [5.74, 6) is 1.25. The van der Waals surface area contributed by atoms with Crippen LogP contribution in [0.5, 0.6) is 0 Å². The van der Waals surface area contributed by atoms with Gasteiger partial charge in [-0.2, -0.15) is 0 Å². The van der Waals surface area contributed by atoms with Gasteiger partial charge in [-0.1, -0.05) is 23.7 Å². The molecule has 2 aromatic rings. The molecular weight excluding hydrogens is 354 g/mol. The highest BCUT2D eigenvalue weighted by Gasteiger charge is 2.27. The normalized spacial score (nSPS) is 17.2. The van der Waals surface area contributed by atoms with Crippen molar-refractivity contribution >= 4 is 23.4 Å². The standard InChI is InChI=1S/C19H22ClN3O3/c1-13(24)21-11-18(25)23-7-3-5-15(12-23)19-22-10-17(26-19)9-14-4-2-6-16(20)8-14/h2,4,6,8,10,15H,3,5,7,9,11-12H2,1H3,(H,21,24). The molecule has 1 aliphatic rings. The zero-order valence-electron chi connectivity index (χ0n) is 14.7. The SMILES string of the molecule is CC(=O)NCC(=O)N1CCCC(c2ncc(Cc3cccc(Cl)c3)o2)C1. The summed E-state index contributed by atoms with van der Waals surface area (Å²) in [5, 5.41) is 3.25. The van der Waals surface area contributed by atoms with E-state index in [-0.39, 0.29) is 24.3 Å². The van der Waals surface area contributed by atoms with E-state index < -0.39 is 0 Å².